The van der Waals surface area contributed by atoms with Crippen LogP contribution in [0.15, 0.2) is 29.2 Å². The van der Waals surface area contributed by atoms with E-state index < -0.39 is 9.05 Å². The molecule has 0 fully saturated rings. The summed E-state index contributed by atoms with van der Waals surface area (Å²) in [5.41, 5.74) is 5.49. The van der Waals surface area contributed by atoms with Crippen molar-refractivity contribution >= 4 is 42.8 Å². The molecule has 0 heterocycles. The number of hydrogen-bond donors (Lipinski definition) is 2. The van der Waals surface area contributed by atoms with Crippen molar-refractivity contribution in [2.75, 3.05) is 5.32 Å². The van der Waals surface area contributed by atoms with E-state index in [9.17, 15) is 8.42 Å². The highest BCUT2D eigenvalue weighted by Crippen LogP contribution is 2.23. The van der Waals surface area contributed by atoms with Gasteiger partial charge in [0.25, 0.3) is 9.05 Å². The summed E-state index contributed by atoms with van der Waals surface area (Å²) in [6.07, 6.45) is 0. The van der Waals surface area contributed by atoms with E-state index in [0.29, 0.717) is 0 Å². The van der Waals surface area contributed by atoms with E-state index in [1.165, 1.54) is 12.1 Å². The van der Waals surface area contributed by atoms with Gasteiger partial charge in [-0.05, 0) is 24.4 Å². The van der Waals surface area contributed by atoms with Crippen molar-refractivity contribution in [3.8, 4) is 0 Å². The van der Waals surface area contributed by atoms with E-state index in [-0.39, 0.29) is 15.7 Å². The molecule has 1 rings (SSSR count). The monoisotopic (exact) mass is 250 g/mol. The Balaban J connectivity index is 3.23. The second-order valence-corrected chi connectivity index (χ2v) is 5.40. The smallest absolute Gasteiger partial charge is 0.263 e. The third-order valence-electron chi connectivity index (χ3n) is 1.41. The van der Waals surface area contributed by atoms with Gasteiger partial charge in [-0.1, -0.05) is 12.1 Å². The fourth-order valence-corrected chi connectivity index (χ4v) is 2.05. The fraction of sp³-hybridized carbons (Fsp3) is 0. The molecule has 0 atom stereocenters. The number of thiocarbonyl (C=S) groups is 1. The molecule has 0 bridgehead atoms. The van der Waals surface area contributed by atoms with Crippen molar-refractivity contribution in [2.45, 2.75) is 4.90 Å². The largest absolute Gasteiger partial charge is 0.376 e. The Kier molecular flexibility index (Phi) is 3.30. The van der Waals surface area contributed by atoms with Crippen LogP contribution in [-0.4, -0.2) is 13.5 Å². The third kappa shape index (κ3) is 2.83. The lowest BCUT2D eigenvalue weighted by molar-refractivity contribution is 0.610. The van der Waals surface area contributed by atoms with Gasteiger partial charge in [0.05, 0.1) is 5.69 Å². The molecule has 0 saturated heterocycles. The molecule has 14 heavy (non-hydrogen) atoms. The summed E-state index contributed by atoms with van der Waals surface area (Å²) in [6, 6.07) is 6.09. The minimum absolute atomic E-state index is 0.0160. The first kappa shape index (κ1) is 11.2. The van der Waals surface area contributed by atoms with Crippen molar-refractivity contribution in [3.05, 3.63) is 24.3 Å². The van der Waals surface area contributed by atoms with Crippen molar-refractivity contribution in [2.24, 2.45) is 5.73 Å². The van der Waals surface area contributed by atoms with Crippen LogP contribution >= 0.6 is 22.9 Å². The van der Waals surface area contributed by atoms with Gasteiger partial charge in [-0.3, -0.25) is 0 Å². The first-order valence-electron chi connectivity index (χ1n) is 3.51. The van der Waals surface area contributed by atoms with Gasteiger partial charge >= 0.3 is 0 Å². The van der Waals surface area contributed by atoms with Crippen LogP contribution in [0.4, 0.5) is 5.69 Å². The number of rotatable bonds is 2. The molecule has 3 N–H and O–H groups in total. The highest BCUT2D eigenvalue weighted by molar-refractivity contribution is 8.13. The molecule has 0 unspecified atom stereocenters. The number of benzene rings is 1. The van der Waals surface area contributed by atoms with Crippen LogP contribution in [0.3, 0.4) is 0 Å². The van der Waals surface area contributed by atoms with Crippen molar-refractivity contribution in [1.82, 2.24) is 0 Å². The summed E-state index contributed by atoms with van der Waals surface area (Å²) in [4.78, 5) is -0.0468. The second-order valence-electron chi connectivity index (χ2n) is 2.42. The van der Waals surface area contributed by atoms with E-state index in [1.54, 1.807) is 12.1 Å². The Labute approximate surface area is 91.5 Å². The minimum atomic E-state index is -3.78. The number of hydrogen-bond acceptors (Lipinski definition) is 3. The molecule has 4 nitrogen and oxygen atoms in total. The molecule has 1 aromatic rings. The second kappa shape index (κ2) is 4.12. The van der Waals surface area contributed by atoms with Crippen molar-refractivity contribution < 1.29 is 8.42 Å². The van der Waals surface area contributed by atoms with E-state index in [4.69, 9.17) is 16.4 Å². The zero-order chi connectivity index (χ0) is 10.8. The molecule has 7 heteroatoms. The minimum Gasteiger partial charge on any atom is -0.376 e. The lowest BCUT2D eigenvalue weighted by Crippen LogP contribution is -2.20. The van der Waals surface area contributed by atoms with Gasteiger partial charge in [-0.2, -0.15) is 0 Å². The maximum atomic E-state index is 11.1. The zero-order valence-electron chi connectivity index (χ0n) is 6.90. The lowest BCUT2D eigenvalue weighted by atomic mass is 10.3. The molecule has 0 amide bonds. The summed E-state index contributed by atoms with van der Waals surface area (Å²) in [5.74, 6) is 0. The van der Waals surface area contributed by atoms with Crippen LogP contribution in [0.5, 0.6) is 0 Å². The summed E-state index contributed by atoms with van der Waals surface area (Å²) >= 11 is 4.59. The zero-order valence-corrected chi connectivity index (χ0v) is 9.29. The molecular formula is C7H7ClN2O2S2. The van der Waals surface area contributed by atoms with Crippen LogP contribution in [-0.2, 0) is 9.05 Å². The van der Waals surface area contributed by atoms with E-state index >= 15 is 0 Å². The normalized spacial score (nSPS) is 10.9. The maximum absolute atomic E-state index is 11.1. The quantitative estimate of drug-likeness (QED) is 0.611. The van der Waals surface area contributed by atoms with Crippen LogP contribution in [0, 0.1) is 0 Å². The van der Waals surface area contributed by atoms with Gasteiger partial charge in [0.1, 0.15) is 4.90 Å². The predicted octanol–water partition coefficient (Wildman–Crippen LogP) is 1.27. The van der Waals surface area contributed by atoms with Gasteiger partial charge in [0, 0.05) is 10.7 Å². The van der Waals surface area contributed by atoms with Gasteiger partial charge in [0.2, 0.25) is 0 Å². The van der Waals surface area contributed by atoms with E-state index in [2.05, 4.69) is 17.5 Å². The summed E-state index contributed by atoms with van der Waals surface area (Å²) in [7, 11) is 1.41. The first-order valence-corrected chi connectivity index (χ1v) is 6.23. The molecule has 1 aromatic carbocycles. The maximum Gasteiger partial charge on any atom is 0.263 e. The average molecular weight is 251 g/mol. The van der Waals surface area contributed by atoms with E-state index in [0.717, 1.165) is 0 Å². The molecule has 0 aliphatic carbocycles. The number of nitrogens with two attached hydrogens (primary N) is 1. The standard InChI is InChI=1S/C7H7ClN2O2S2/c8-14(11,12)6-4-2-1-3-5(6)10-7(9)13/h1-4H,(H3,9,10,13). The van der Waals surface area contributed by atoms with Crippen LogP contribution in [0.25, 0.3) is 0 Å². The Morgan fingerprint density at radius 2 is 2.00 bits per heavy atom. The molecule has 0 aliphatic heterocycles. The summed E-state index contributed by atoms with van der Waals surface area (Å²) in [6.45, 7) is 0. The number of nitrogens with one attached hydrogen (secondary N) is 1. The SMILES string of the molecule is NC(=S)Nc1ccccc1S(=O)(=O)Cl. The molecular weight excluding hydrogens is 244 g/mol. The van der Waals surface area contributed by atoms with Gasteiger partial charge in [0.15, 0.2) is 5.11 Å². The molecule has 0 saturated carbocycles. The van der Waals surface area contributed by atoms with Gasteiger partial charge in [-0.15, -0.1) is 0 Å². The number of anilines is 1. The Bertz CT molecular complexity index is 459. The Morgan fingerprint density at radius 3 is 2.50 bits per heavy atom. The summed E-state index contributed by atoms with van der Waals surface area (Å²) < 4.78 is 22.2. The molecule has 0 radical (unpaired) electrons. The van der Waals surface area contributed by atoms with Crippen LogP contribution in [0.2, 0.25) is 0 Å². The van der Waals surface area contributed by atoms with Crippen molar-refractivity contribution in [1.29, 1.82) is 0 Å². The Morgan fingerprint density at radius 1 is 1.43 bits per heavy atom. The first-order chi connectivity index (χ1) is 6.41. The topological polar surface area (TPSA) is 72.2 Å². The van der Waals surface area contributed by atoms with E-state index in [1.807, 2.05) is 0 Å². The third-order valence-corrected chi connectivity index (χ3v) is 2.89. The highest BCUT2D eigenvalue weighted by atomic mass is 35.7. The molecule has 76 valence electrons. The Hall–Kier alpha value is -0.850. The number of para-hydroxylation sites is 1. The van der Waals surface area contributed by atoms with Crippen molar-refractivity contribution in [3.63, 3.8) is 0 Å². The molecule has 0 aromatic heterocycles. The lowest BCUT2D eigenvalue weighted by Gasteiger charge is -2.07. The van der Waals surface area contributed by atoms with Crippen LogP contribution in [0.1, 0.15) is 0 Å². The molecule has 0 spiro atoms. The highest BCUT2D eigenvalue weighted by Gasteiger charge is 2.14. The van der Waals surface area contributed by atoms with Gasteiger partial charge < -0.3 is 11.1 Å². The predicted molar refractivity (Wildman–Crippen MR) is 59.9 cm³/mol. The summed E-state index contributed by atoms with van der Waals surface area (Å²) in [5, 5.41) is 2.51. The van der Waals surface area contributed by atoms with Crippen LogP contribution < -0.4 is 11.1 Å². The number of halogens is 1. The molecule has 0 aliphatic rings. The fourth-order valence-electron chi connectivity index (χ4n) is 0.915. The van der Waals surface area contributed by atoms with Gasteiger partial charge in [-0.25, -0.2) is 8.42 Å². The average Bonchev–Trinajstić information content (AvgIpc) is 2.01.